The lowest BCUT2D eigenvalue weighted by Gasteiger charge is -2.14. The maximum atomic E-state index is 13.6. The van der Waals surface area contributed by atoms with Gasteiger partial charge in [0.25, 0.3) is 5.56 Å². The van der Waals surface area contributed by atoms with Gasteiger partial charge in [0.1, 0.15) is 21.8 Å². The Bertz CT molecular complexity index is 1540. The van der Waals surface area contributed by atoms with E-state index in [4.69, 9.17) is 9.72 Å². The van der Waals surface area contributed by atoms with Gasteiger partial charge >= 0.3 is 0 Å². The van der Waals surface area contributed by atoms with Crippen LogP contribution in [0.1, 0.15) is 5.56 Å². The van der Waals surface area contributed by atoms with Crippen LogP contribution in [-0.2, 0) is 13.0 Å². The molecule has 6 heteroatoms. The standard InChI is InChI=1S/C26H20N2O3S/c1-31-19-13-11-18(12-14-19)24-27-25-22(23(29)20-9-5-6-10-21(20)32-25)26(30)28(24)16-15-17-7-3-2-4-8-17/h2-14H,15-16H2,1H3. The van der Waals surface area contributed by atoms with E-state index >= 15 is 0 Å². The Morgan fingerprint density at radius 1 is 0.906 bits per heavy atom. The van der Waals surface area contributed by atoms with Crippen molar-refractivity contribution >= 4 is 31.6 Å². The van der Waals surface area contributed by atoms with Crippen molar-refractivity contribution in [2.45, 2.75) is 13.0 Å². The molecule has 0 fully saturated rings. The monoisotopic (exact) mass is 440 g/mol. The second kappa shape index (κ2) is 8.40. The molecule has 0 spiro atoms. The highest BCUT2D eigenvalue weighted by atomic mass is 32.1. The zero-order valence-corrected chi connectivity index (χ0v) is 18.3. The van der Waals surface area contributed by atoms with Crippen molar-refractivity contribution < 1.29 is 4.74 Å². The average molecular weight is 441 g/mol. The van der Waals surface area contributed by atoms with Gasteiger partial charge < -0.3 is 4.74 Å². The van der Waals surface area contributed by atoms with Gasteiger partial charge in [-0.25, -0.2) is 4.98 Å². The van der Waals surface area contributed by atoms with Crippen molar-refractivity contribution in [2.75, 3.05) is 7.11 Å². The number of benzene rings is 3. The van der Waals surface area contributed by atoms with Crippen molar-refractivity contribution in [3.05, 3.63) is 105 Å². The number of ether oxygens (including phenoxy) is 1. The first-order valence-corrected chi connectivity index (χ1v) is 11.1. The number of fused-ring (bicyclic) bond motifs is 2. The molecule has 5 aromatic rings. The Balaban J connectivity index is 1.75. The van der Waals surface area contributed by atoms with Crippen molar-refractivity contribution in [2.24, 2.45) is 0 Å². The first-order valence-electron chi connectivity index (χ1n) is 10.3. The van der Waals surface area contributed by atoms with E-state index in [1.54, 1.807) is 17.7 Å². The van der Waals surface area contributed by atoms with Crippen LogP contribution in [0.25, 0.3) is 31.7 Å². The van der Waals surface area contributed by atoms with Crippen molar-refractivity contribution in [3.63, 3.8) is 0 Å². The third kappa shape index (κ3) is 3.59. The van der Waals surface area contributed by atoms with Crippen LogP contribution in [-0.4, -0.2) is 16.7 Å². The third-order valence-electron chi connectivity index (χ3n) is 5.52. The van der Waals surface area contributed by atoms with Crippen LogP contribution < -0.4 is 15.7 Å². The summed E-state index contributed by atoms with van der Waals surface area (Å²) in [7, 11) is 1.61. The van der Waals surface area contributed by atoms with Crippen LogP contribution in [0.4, 0.5) is 0 Å². The van der Waals surface area contributed by atoms with Crippen molar-refractivity contribution in [1.82, 2.24) is 9.55 Å². The SMILES string of the molecule is COc1ccc(-c2nc3sc4ccccc4c(=O)c3c(=O)n2CCc2ccccc2)cc1. The number of hydrogen-bond acceptors (Lipinski definition) is 5. The molecular weight excluding hydrogens is 420 g/mol. The summed E-state index contributed by atoms with van der Waals surface area (Å²) in [6.07, 6.45) is 0.655. The van der Waals surface area contributed by atoms with E-state index in [1.807, 2.05) is 72.8 Å². The molecule has 5 nitrogen and oxygen atoms in total. The normalized spacial score (nSPS) is 11.2. The molecule has 0 aliphatic heterocycles. The zero-order valence-electron chi connectivity index (χ0n) is 17.4. The summed E-state index contributed by atoms with van der Waals surface area (Å²) in [6.45, 7) is 0.421. The maximum Gasteiger partial charge on any atom is 0.266 e. The quantitative estimate of drug-likeness (QED) is 0.365. The predicted octanol–water partition coefficient (Wildman–Crippen LogP) is 4.89. The molecule has 0 aliphatic carbocycles. The molecule has 2 aromatic heterocycles. The number of hydrogen-bond donors (Lipinski definition) is 0. The number of aromatic nitrogens is 2. The topological polar surface area (TPSA) is 61.2 Å². The molecule has 0 saturated carbocycles. The summed E-state index contributed by atoms with van der Waals surface area (Å²) < 4.78 is 7.71. The van der Waals surface area contributed by atoms with Crippen LogP contribution >= 0.6 is 11.3 Å². The molecule has 0 amide bonds. The highest BCUT2D eigenvalue weighted by Crippen LogP contribution is 2.26. The minimum absolute atomic E-state index is 0.152. The molecule has 5 rings (SSSR count). The molecule has 0 radical (unpaired) electrons. The molecule has 0 unspecified atom stereocenters. The molecule has 32 heavy (non-hydrogen) atoms. The van der Waals surface area contributed by atoms with Crippen LogP contribution in [0.5, 0.6) is 5.75 Å². The van der Waals surface area contributed by atoms with Gasteiger partial charge in [-0.05, 0) is 48.4 Å². The van der Waals surface area contributed by atoms with Gasteiger partial charge in [0, 0.05) is 22.2 Å². The van der Waals surface area contributed by atoms with Crippen LogP contribution in [0.3, 0.4) is 0 Å². The lowest BCUT2D eigenvalue weighted by molar-refractivity contribution is 0.415. The van der Waals surface area contributed by atoms with E-state index in [-0.39, 0.29) is 16.4 Å². The summed E-state index contributed by atoms with van der Waals surface area (Å²) in [5.41, 5.74) is 1.35. The Hall–Kier alpha value is -3.77. The Labute approximate surface area is 188 Å². The van der Waals surface area contributed by atoms with E-state index in [1.165, 1.54) is 11.3 Å². The summed E-state index contributed by atoms with van der Waals surface area (Å²) in [6, 6.07) is 24.8. The van der Waals surface area contributed by atoms with Crippen LogP contribution in [0, 0.1) is 0 Å². The van der Waals surface area contributed by atoms with E-state index in [9.17, 15) is 9.59 Å². The molecular formula is C26H20N2O3S. The molecule has 0 aliphatic rings. The largest absolute Gasteiger partial charge is 0.497 e. The summed E-state index contributed by atoms with van der Waals surface area (Å²) >= 11 is 1.37. The van der Waals surface area contributed by atoms with E-state index in [2.05, 4.69) is 0 Å². The van der Waals surface area contributed by atoms with E-state index in [0.717, 1.165) is 21.6 Å². The number of methoxy groups -OCH3 is 1. The predicted molar refractivity (Wildman–Crippen MR) is 130 cm³/mol. The first-order chi connectivity index (χ1) is 15.7. The fourth-order valence-corrected chi connectivity index (χ4v) is 4.88. The van der Waals surface area contributed by atoms with Crippen LogP contribution in [0.15, 0.2) is 88.5 Å². The molecule has 2 heterocycles. The van der Waals surface area contributed by atoms with E-state index < -0.39 is 0 Å². The van der Waals surface area contributed by atoms with Crippen molar-refractivity contribution in [3.8, 4) is 17.1 Å². The minimum atomic E-state index is -0.302. The van der Waals surface area contributed by atoms with Gasteiger partial charge in [0.15, 0.2) is 0 Å². The Morgan fingerprint density at radius 2 is 1.62 bits per heavy atom. The fraction of sp³-hybridized carbons (Fsp3) is 0.115. The first kappa shape index (κ1) is 20.2. The number of rotatable bonds is 5. The van der Waals surface area contributed by atoms with E-state index in [0.29, 0.717) is 29.0 Å². The van der Waals surface area contributed by atoms with Crippen LogP contribution in [0.2, 0.25) is 0 Å². The lowest BCUT2D eigenvalue weighted by Crippen LogP contribution is -2.28. The molecule has 0 N–H and O–H groups in total. The van der Waals surface area contributed by atoms with Gasteiger partial charge in [-0.15, -0.1) is 11.3 Å². The highest BCUT2D eigenvalue weighted by molar-refractivity contribution is 7.24. The summed E-state index contributed by atoms with van der Waals surface area (Å²) in [5.74, 6) is 1.27. The number of nitrogens with zero attached hydrogens (tertiary/aromatic N) is 2. The van der Waals surface area contributed by atoms with Gasteiger partial charge in [-0.1, -0.05) is 42.5 Å². The van der Waals surface area contributed by atoms with Gasteiger partial charge in [0.2, 0.25) is 5.43 Å². The number of aryl methyl sites for hydroxylation is 1. The summed E-state index contributed by atoms with van der Waals surface area (Å²) in [4.78, 5) is 32.1. The summed E-state index contributed by atoms with van der Waals surface area (Å²) in [5, 5.41) is 0.703. The molecule has 0 atom stereocenters. The Kier molecular flexibility index (Phi) is 5.29. The zero-order chi connectivity index (χ0) is 22.1. The minimum Gasteiger partial charge on any atom is -0.497 e. The Morgan fingerprint density at radius 3 is 2.38 bits per heavy atom. The molecule has 0 bridgehead atoms. The van der Waals surface area contributed by atoms with Crippen molar-refractivity contribution in [1.29, 1.82) is 0 Å². The molecule has 158 valence electrons. The second-order valence-corrected chi connectivity index (χ2v) is 8.49. The lowest BCUT2D eigenvalue weighted by atomic mass is 10.1. The van der Waals surface area contributed by atoms with Gasteiger partial charge in [-0.2, -0.15) is 0 Å². The van der Waals surface area contributed by atoms with Gasteiger partial charge in [0.05, 0.1) is 7.11 Å². The molecule has 0 saturated heterocycles. The van der Waals surface area contributed by atoms with Gasteiger partial charge in [-0.3, -0.25) is 14.2 Å². The third-order valence-corrected chi connectivity index (χ3v) is 6.58. The second-order valence-electron chi connectivity index (χ2n) is 7.46. The fourth-order valence-electron chi connectivity index (χ4n) is 3.84. The molecule has 3 aromatic carbocycles. The highest BCUT2D eigenvalue weighted by Gasteiger charge is 2.17. The average Bonchev–Trinajstić information content (AvgIpc) is 2.84. The smallest absolute Gasteiger partial charge is 0.266 e. The maximum absolute atomic E-state index is 13.6.